The number of rotatable bonds is 7. The third-order valence-corrected chi connectivity index (χ3v) is 5.45. The van der Waals surface area contributed by atoms with Gasteiger partial charge in [0.2, 0.25) is 5.91 Å². The molecule has 0 saturated heterocycles. The van der Waals surface area contributed by atoms with Gasteiger partial charge < -0.3 is 5.32 Å². The predicted octanol–water partition coefficient (Wildman–Crippen LogP) is 3.25. The van der Waals surface area contributed by atoms with E-state index in [0.29, 0.717) is 11.3 Å². The number of amides is 1. The molecule has 2 rings (SSSR count). The van der Waals surface area contributed by atoms with E-state index in [-0.39, 0.29) is 0 Å². The van der Waals surface area contributed by atoms with E-state index in [1.165, 1.54) is 12.1 Å². The second kappa shape index (κ2) is 8.40. The number of benzene rings is 2. The Morgan fingerprint density at radius 3 is 2.12 bits per heavy atom. The number of anilines is 1. The number of nitrogens with one attached hydrogen (secondary N) is 1. The maximum Gasteiger partial charge on any atom is 0.239 e. The average molecular weight is 424 g/mol. The number of aryl methyl sites for hydroxylation is 1. The van der Waals surface area contributed by atoms with E-state index in [1.54, 1.807) is 24.3 Å². The molecule has 0 atom stereocenters. The lowest BCUT2D eigenvalue weighted by molar-refractivity contribution is -0.113. The Balaban J connectivity index is 1.96. The Hall–Kier alpha value is -1.99. The molecule has 2 aromatic carbocycles. The van der Waals surface area contributed by atoms with Gasteiger partial charge in [0.15, 0.2) is 15.6 Å². The minimum Gasteiger partial charge on any atom is -0.325 e. The largest absolute Gasteiger partial charge is 0.325 e. The first-order chi connectivity index (χ1) is 11.8. The van der Waals surface area contributed by atoms with E-state index in [0.717, 1.165) is 16.5 Å². The van der Waals surface area contributed by atoms with Crippen LogP contribution in [0.1, 0.15) is 22.8 Å². The quantitative estimate of drug-likeness (QED) is 0.692. The van der Waals surface area contributed by atoms with Crippen LogP contribution in [-0.4, -0.2) is 31.6 Å². The van der Waals surface area contributed by atoms with Crippen LogP contribution in [0, 0.1) is 0 Å². The standard InChI is InChI=1S/C18H18BrNO4S/c1-2-13-3-9-16(10-4-13)20-18(22)12-25(23,24)11-17(21)14-5-7-15(19)8-6-14/h3-10H,2,11-12H2,1H3,(H,20,22). The van der Waals surface area contributed by atoms with Gasteiger partial charge in [0.05, 0.1) is 0 Å². The fraction of sp³-hybridized carbons (Fsp3) is 0.222. The van der Waals surface area contributed by atoms with Crippen molar-refractivity contribution in [3.8, 4) is 0 Å². The van der Waals surface area contributed by atoms with Gasteiger partial charge >= 0.3 is 0 Å². The van der Waals surface area contributed by atoms with Crippen LogP contribution in [0.25, 0.3) is 0 Å². The van der Waals surface area contributed by atoms with Gasteiger partial charge in [-0.1, -0.05) is 47.1 Å². The Bertz CT molecular complexity index is 859. The normalized spacial score (nSPS) is 11.1. The minimum absolute atomic E-state index is 0.294. The van der Waals surface area contributed by atoms with Crippen molar-refractivity contribution < 1.29 is 18.0 Å². The Morgan fingerprint density at radius 1 is 0.960 bits per heavy atom. The predicted molar refractivity (Wildman–Crippen MR) is 102 cm³/mol. The lowest BCUT2D eigenvalue weighted by atomic mass is 10.1. The third kappa shape index (κ3) is 6.10. The van der Waals surface area contributed by atoms with Crippen molar-refractivity contribution >= 4 is 43.1 Å². The zero-order valence-electron chi connectivity index (χ0n) is 13.7. The molecule has 0 unspecified atom stereocenters. The zero-order chi connectivity index (χ0) is 18.4. The summed E-state index contributed by atoms with van der Waals surface area (Å²) in [6, 6.07) is 13.6. The zero-order valence-corrected chi connectivity index (χ0v) is 16.1. The lowest BCUT2D eigenvalue weighted by Crippen LogP contribution is -2.27. The number of sulfone groups is 1. The smallest absolute Gasteiger partial charge is 0.239 e. The van der Waals surface area contributed by atoms with Gasteiger partial charge in [0.1, 0.15) is 11.5 Å². The minimum atomic E-state index is -3.84. The first-order valence-electron chi connectivity index (χ1n) is 7.67. The molecular formula is C18H18BrNO4S. The molecule has 0 radical (unpaired) electrons. The SMILES string of the molecule is CCc1ccc(NC(=O)CS(=O)(=O)CC(=O)c2ccc(Br)cc2)cc1. The monoisotopic (exact) mass is 423 g/mol. The fourth-order valence-corrected chi connectivity index (χ4v) is 3.59. The van der Waals surface area contributed by atoms with Gasteiger partial charge in [-0.25, -0.2) is 8.42 Å². The van der Waals surface area contributed by atoms with Crippen molar-refractivity contribution in [3.05, 3.63) is 64.1 Å². The molecule has 0 saturated carbocycles. The van der Waals surface area contributed by atoms with Crippen LogP contribution in [-0.2, 0) is 21.1 Å². The Morgan fingerprint density at radius 2 is 1.56 bits per heavy atom. The molecule has 0 aliphatic rings. The third-order valence-electron chi connectivity index (χ3n) is 3.51. The summed E-state index contributed by atoms with van der Waals surface area (Å²) in [6.45, 7) is 2.02. The van der Waals surface area contributed by atoms with E-state index < -0.39 is 33.0 Å². The first kappa shape index (κ1) is 19.3. The van der Waals surface area contributed by atoms with Crippen molar-refractivity contribution in [3.63, 3.8) is 0 Å². The fourth-order valence-electron chi connectivity index (χ4n) is 2.19. The number of Topliss-reactive ketones (excluding diaryl/α,β-unsaturated/α-hetero) is 1. The van der Waals surface area contributed by atoms with Crippen molar-refractivity contribution in [2.75, 3.05) is 16.8 Å². The number of hydrogen-bond acceptors (Lipinski definition) is 4. The molecule has 25 heavy (non-hydrogen) atoms. The van der Waals surface area contributed by atoms with Gasteiger partial charge in [-0.3, -0.25) is 9.59 Å². The van der Waals surface area contributed by atoms with Crippen LogP contribution in [0.4, 0.5) is 5.69 Å². The first-order valence-corrected chi connectivity index (χ1v) is 10.3. The summed E-state index contributed by atoms with van der Waals surface area (Å²) in [6.07, 6.45) is 0.876. The van der Waals surface area contributed by atoms with Crippen LogP contribution < -0.4 is 5.32 Å². The summed E-state index contributed by atoms with van der Waals surface area (Å²) in [5, 5.41) is 2.53. The highest BCUT2D eigenvalue weighted by molar-refractivity contribution is 9.10. The maximum atomic E-state index is 12.1. The van der Waals surface area contributed by atoms with Crippen molar-refractivity contribution in [2.45, 2.75) is 13.3 Å². The molecule has 0 aliphatic carbocycles. The molecule has 1 amide bonds. The Labute approximate surface area is 155 Å². The van der Waals surface area contributed by atoms with E-state index in [2.05, 4.69) is 21.2 Å². The molecule has 7 heteroatoms. The van der Waals surface area contributed by atoms with Crippen molar-refractivity contribution in [1.29, 1.82) is 0 Å². The van der Waals surface area contributed by atoms with Gasteiger partial charge in [-0.05, 0) is 36.2 Å². The summed E-state index contributed by atoms with van der Waals surface area (Å²) in [5.41, 5.74) is 1.93. The van der Waals surface area contributed by atoms with Gasteiger partial charge in [-0.15, -0.1) is 0 Å². The molecule has 0 aliphatic heterocycles. The van der Waals surface area contributed by atoms with Crippen LogP contribution in [0.5, 0.6) is 0 Å². The molecule has 5 nitrogen and oxygen atoms in total. The lowest BCUT2D eigenvalue weighted by Gasteiger charge is -2.07. The maximum absolute atomic E-state index is 12.1. The number of carbonyl (C=O) groups excluding carboxylic acids is 2. The summed E-state index contributed by atoms with van der Waals surface area (Å²) < 4.78 is 25.0. The average Bonchev–Trinajstić information content (AvgIpc) is 2.55. The van der Waals surface area contributed by atoms with Crippen LogP contribution >= 0.6 is 15.9 Å². The molecule has 1 N–H and O–H groups in total. The number of carbonyl (C=O) groups is 2. The highest BCUT2D eigenvalue weighted by Crippen LogP contribution is 2.13. The highest BCUT2D eigenvalue weighted by Gasteiger charge is 2.21. The van der Waals surface area contributed by atoms with Gasteiger partial charge in [0.25, 0.3) is 0 Å². The molecule has 0 fully saturated rings. The molecular weight excluding hydrogens is 406 g/mol. The van der Waals surface area contributed by atoms with Gasteiger partial charge in [-0.2, -0.15) is 0 Å². The summed E-state index contributed by atoms with van der Waals surface area (Å²) >= 11 is 3.25. The molecule has 132 valence electrons. The summed E-state index contributed by atoms with van der Waals surface area (Å²) in [4.78, 5) is 24.0. The van der Waals surface area contributed by atoms with Crippen molar-refractivity contribution in [1.82, 2.24) is 0 Å². The van der Waals surface area contributed by atoms with E-state index in [4.69, 9.17) is 0 Å². The van der Waals surface area contributed by atoms with Crippen molar-refractivity contribution in [2.24, 2.45) is 0 Å². The number of hydrogen-bond donors (Lipinski definition) is 1. The number of ketones is 1. The second-order valence-corrected chi connectivity index (χ2v) is 8.54. The molecule has 2 aromatic rings. The van der Waals surface area contributed by atoms with Gasteiger partial charge in [0, 0.05) is 15.7 Å². The topological polar surface area (TPSA) is 80.3 Å². The van der Waals surface area contributed by atoms with E-state index >= 15 is 0 Å². The molecule has 0 aromatic heterocycles. The summed E-state index contributed by atoms with van der Waals surface area (Å²) in [5.74, 6) is -2.62. The van der Waals surface area contributed by atoms with Crippen LogP contribution in [0.2, 0.25) is 0 Å². The Kier molecular flexibility index (Phi) is 6.50. The molecule has 0 spiro atoms. The highest BCUT2D eigenvalue weighted by atomic mass is 79.9. The summed E-state index contributed by atoms with van der Waals surface area (Å²) in [7, 11) is -3.84. The van der Waals surface area contributed by atoms with E-state index in [9.17, 15) is 18.0 Å². The number of halogens is 1. The second-order valence-electron chi connectivity index (χ2n) is 5.56. The van der Waals surface area contributed by atoms with E-state index in [1.807, 2.05) is 19.1 Å². The molecule has 0 heterocycles. The van der Waals surface area contributed by atoms with Crippen LogP contribution in [0.3, 0.4) is 0 Å². The van der Waals surface area contributed by atoms with Crippen LogP contribution in [0.15, 0.2) is 53.0 Å². The molecule has 0 bridgehead atoms.